The maximum atomic E-state index is 13.8. The summed E-state index contributed by atoms with van der Waals surface area (Å²) in [6, 6.07) is 16.5. The third kappa shape index (κ3) is 5.70. The SMILES string of the molecule is COc1cc(/C=C2\SC(=S)N(c3ccc(C)cc3)C2=O)cc(Cl)c1OCC(=O)Nc1ccccc1F. The lowest BCUT2D eigenvalue weighted by molar-refractivity contribution is -0.118. The van der Waals surface area contributed by atoms with Crippen LogP contribution in [-0.2, 0) is 9.59 Å². The first kappa shape index (κ1) is 25.7. The number of amides is 2. The van der Waals surface area contributed by atoms with Gasteiger partial charge in [-0.25, -0.2) is 4.39 Å². The molecule has 0 radical (unpaired) electrons. The first-order valence-corrected chi connectivity index (χ1v) is 12.3. The standard InChI is InChI=1S/C26H20ClFN2O4S2/c1-15-7-9-17(10-8-15)30-25(32)22(36-26(30)35)13-16-11-18(27)24(21(12-16)33-2)34-14-23(31)29-20-6-4-3-5-19(20)28/h3-13H,14H2,1-2H3,(H,29,31)/b22-13-. The van der Waals surface area contributed by atoms with Gasteiger partial charge in [0.05, 0.1) is 28.4 Å². The van der Waals surface area contributed by atoms with Crippen molar-refractivity contribution in [3.05, 3.63) is 87.5 Å². The van der Waals surface area contributed by atoms with Crippen LogP contribution < -0.4 is 19.7 Å². The van der Waals surface area contributed by atoms with Crippen LogP contribution in [0, 0.1) is 12.7 Å². The van der Waals surface area contributed by atoms with Crippen molar-refractivity contribution in [2.24, 2.45) is 0 Å². The number of nitrogens with one attached hydrogen (secondary N) is 1. The van der Waals surface area contributed by atoms with Crippen LogP contribution in [0.15, 0.2) is 65.6 Å². The molecule has 0 aromatic heterocycles. The second kappa shape index (κ2) is 11.1. The number of ether oxygens (including phenoxy) is 2. The van der Waals surface area contributed by atoms with E-state index in [1.807, 2.05) is 31.2 Å². The smallest absolute Gasteiger partial charge is 0.270 e. The summed E-state index contributed by atoms with van der Waals surface area (Å²) in [6.07, 6.45) is 1.66. The van der Waals surface area contributed by atoms with Crippen molar-refractivity contribution in [1.82, 2.24) is 0 Å². The highest BCUT2D eigenvalue weighted by Crippen LogP contribution is 2.40. The van der Waals surface area contributed by atoms with Gasteiger partial charge < -0.3 is 14.8 Å². The van der Waals surface area contributed by atoms with Crippen LogP contribution in [0.25, 0.3) is 6.08 Å². The summed E-state index contributed by atoms with van der Waals surface area (Å²) in [5.41, 5.74) is 2.40. The Bertz CT molecular complexity index is 1380. The van der Waals surface area contributed by atoms with Crippen molar-refractivity contribution in [3.63, 3.8) is 0 Å². The molecule has 0 atom stereocenters. The summed E-state index contributed by atoms with van der Waals surface area (Å²) < 4.78 is 25.1. The summed E-state index contributed by atoms with van der Waals surface area (Å²) in [7, 11) is 1.43. The Morgan fingerprint density at radius 1 is 1.19 bits per heavy atom. The number of halogens is 2. The van der Waals surface area contributed by atoms with Gasteiger partial charge in [-0.3, -0.25) is 14.5 Å². The van der Waals surface area contributed by atoms with Crippen LogP contribution in [0.4, 0.5) is 15.8 Å². The Morgan fingerprint density at radius 2 is 1.92 bits per heavy atom. The molecule has 1 N–H and O–H groups in total. The normalized spacial score (nSPS) is 14.3. The minimum absolute atomic E-state index is 0.0439. The Kier molecular flexibility index (Phi) is 7.93. The maximum absolute atomic E-state index is 13.8. The molecule has 0 aliphatic carbocycles. The zero-order valence-electron chi connectivity index (χ0n) is 19.2. The van der Waals surface area contributed by atoms with Crippen LogP contribution in [0.5, 0.6) is 11.5 Å². The number of para-hydroxylation sites is 1. The van der Waals surface area contributed by atoms with Crippen molar-refractivity contribution >= 4 is 69.2 Å². The highest BCUT2D eigenvalue weighted by Gasteiger charge is 2.33. The quantitative estimate of drug-likeness (QED) is 0.282. The van der Waals surface area contributed by atoms with Crippen LogP contribution in [-0.4, -0.2) is 29.9 Å². The molecule has 0 spiro atoms. The molecule has 1 saturated heterocycles. The van der Waals surface area contributed by atoms with E-state index in [0.717, 1.165) is 5.56 Å². The van der Waals surface area contributed by atoms with Gasteiger partial charge in [-0.15, -0.1) is 0 Å². The molecule has 0 unspecified atom stereocenters. The first-order valence-electron chi connectivity index (χ1n) is 10.7. The predicted molar refractivity (Wildman–Crippen MR) is 145 cm³/mol. The van der Waals surface area contributed by atoms with E-state index in [0.29, 0.717) is 20.5 Å². The molecule has 0 bridgehead atoms. The third-order valence-corrected chi connectivity index (χ3v) is 6.71. The molecule has 1 aliphatic rings. The van der Waals surface area contributed by atoms with Crippen molar-refractivity contribution in [3.8, 4) is 11.5 Å². The summed E-state index contributed by atoms with van der Waals surface area (Å²) in [4.78, 5) is 27.2. The lowest BCUT2D eigenvalue weighted by atomic mass is 10.1. The molecule has 2 amide bonds. The number of thioether (sulfide) groups is 1. The molecule has 3 aromatic rings. The number of hydrogen-bond acceptors (Lipinski definition) is 6. The maximum Gasteiger partial charge on any atom is 0.270 e. The van der Waals surface area contributed by atoms with Crippen molar-refractivity contribution in [2.45, 2.75) is 6.92 Å². The van der Waals surface area contributed by atoms with Gasteiger partial charge in [-0.2, -0.15) is 0 Å². The van der Waals surface area contributed by atoms with E-state index in [-0.39, 0.29) is 28.1 Å². The van der Waals surface area contributed by atoms with E-state index in [4.69, 9.17) is 33.3 Å². The molecule has 1 aliphatic heterocycles. The molecule has 4 rings (SSSR count). The Morgan fingerprint density at radius 3 is 2.61 bits per heavy atom. The summed E-state index contributed by atoms with van der Waals surface area (Å²) >= 11 is 13.0. The minimum Gasteiger partial charge on any atom is -0.493 e. The molecule has 1 heterocycles. The fourth-order valence-electron chi connectivity index (χ4n) is 3.39. The van der Waals surface area contributed by atoms with E-state index in [2.05, 4.69) is 5.32 Å². The zero-order valence-corrected chi connectivity index (χ0v) is 21.6. The summed E-state index contributed by atoms with van der Waals surface area (Å²) in [6.45, 7) is 1.55. The highest BCUT2D eigenvalue weighted by atomic mass is 35.5. The highest BCUT2D eigenvalue weighted by molar-refractivity contribution is 8.27. The van der Waals surface area contributed by atoms with Crippen molar-refractivity contribution < 1.29 is 23.5 Å². The van der Waals surface area contributed by atoms with Crippen molar-refractivity contribution in [2.75, 3.05) is 23.9 Å². The van der Waals surface area contributed by atoms with Gasteiger partial charge >= 0.3 is 0 Å². The molecule has 184 valence electrons. The van der Waals surface area contributed by atoms with Gasteiger partial charge in [0.25, 0.3) is 11.8 Å². The summed E-state index contributed by atoms with van der Waals surface area (Å²) in [5, 5.41) is 2.61. The number of anilines is 2. The van der Waals surface area contributed by atoms with E-state index in [1.165, 1.54) is 42.0 Å². The van der Waals surface area contributed by atoms with Crippen LogP contribution in [0.1, 0.15) is 11.1 Å². The molecule has 10 heteroatoms. The number of benzene rings is 3. The van der Waals surface area contributed by atoms with Crippen LogP contribution in [0.2, 0.25) is 5.02 Å². The second-order valence-electron chi connectivity index (χ2n) is 7.70. The van der Waals surface area contributed by atoms with Gasteiger partial charge in [0, 0.05) is 0 Å². The topological polar surface area (TPSA) is 67.9 Å². The number of thiocarbonyl (C=S) groups is 1. The van der Waals surface area contributed by atoms with Crippen LogP contribution in [0.3, 0.4) is 0 Å². The second-order valence-corrected chi connectivity index (χ2v) is 9.79. The van der Waals surface area contributed by atoms with Gasteiger partial charge in [0.2, 0.25) is 0 Å². The van der Waals surface area contributed by atoms with Gasteiger partial charge in [0.1, 0.15) is 5.82 Å². The van der Waals surface area contributed by atoms with E-state index in [1.54, 1.807) is 24.3 Å². The van der Waals surface area contributed by atoms with Gasteiger partial charge in [0.15, 0.2) is 22.4 Å². The Balaban J connectivity index is 1.50. The zero-order chi connectivity index (χ0) is 25.8. The average Bonchev–Trinajstić information content (AvgIpc) is 3.12. The molecule has 36 heavy (non-hydrogen) atoms. The van der Waals surface area contributed by atoms with E-state index in [9.17, 15) is 14.0 Å². The number of rotatable bonds is 7. The monoisotopic (exact) mass is 542 g/mol. The summed E-state index contributed by atoms with van der Waals surface area (Å²) in [5.74, 6) is -0.955. The number of hydrogen-bond donors (Lipinski definition) is 1. The lowest BCUT2D eigenvalue weighted by Crippen LogP contribution is -2.27. The predicted octanol–water partition coefficient (Wildman–Crippen LogP) is 6.22. The fourth-order valence-corrected chi connectivity index (χ4v) is 4.96. The van der Waals surface area contributed by atoms with Gasteiger partial charge in [-0.05, 0) is 55.0 Å². The number of carbonyl (C=O) groups excluding carboxylic acids is 2. The fraction of sp³-hybridized carbons (Fsp3) is 0.115. The number of carbonyl (C=O) groups is 2. The number of methoxy groups -OCH3 is 1. The Hall–Kier alpha value is -3.40. The third-order valence-electron chi connectivity index (χ3n) is 5.13. The molecule has 3 aromatic carbocycles. The van der Waals surface area contributed by atoms with Gasteiger partial charge in [-0.1, -0.05) is 65.4 Å². The molecular formula is C26H20ClFN2O4S2. The van der Waals surface area contributed by atoms with Crippen LogP contribution >= 0.6 is 35.6 Å². The Labute approximate surface area is 222 Å². The average molecular weight is 543 g/mol. The first-order chi connectivity index (χ1) is 17.3. The molecule has 0 saturated carbocycles. The minimum atomic E-state index is -0.568. The molecular weight excluding hydrogens is 523 g/mol. The van der Waals surface area contributed by atoms with E-state index >= 15 is 0 Å². The number of nitrogens with zero attached hydrogens (tertiary/aromatic N) is 1. The van der Waals surface area contributed by atoms with Crippen molar-refractivity contribution in [1.29, 1.82) is 0 Å². The largest absolute Gasteiger partial charge is 0.493 e. The molecule has 6 nitrogen and oxygen atoms in total. The number of aryl methyl sites for hydroxylation is 1. The molecule has 1 fully saturated rings. The lowest BCUT2D eigenvalue weighted by Gasteiger charge is -2.14. The van der Waals surface area contributed by atoms with E-state index < -0.39 is 18.3 Å².